The maximum absolute atomic E-state index is 13.2. The van der Waals surface area contributed by atoms with Crippen molar-refractivity contribution in [3.8, 4) is 5.75 Å². The topological polar surface area (TPSA) is 38.8 Å². The Balaban J connectivity index is 1.41. The summed E-state index contributed by atoms with van der Waals surface area (Å²) in [6, 6.07) is 14.9. The second-order valence-electron chi connectivity index (χ2n) is 9.91. The number of benzene rings is 2. The minimum absolute atomic E-state index is 0.152. The van der Waals surface area contributed by atoms with Crippen molar-refractivity contribution in [2.75, 3.05) is 13.2 Å². The third kappa shape index (κ3) is 4.38. The minimum Gasteiger partial charge on any atom is -0.492 e. The van der Waals surface area contributed by atoms with E-state index in [1.165, 1.54) is 40.4 Å². The van der Waals surface area contributed by atoms with E-state index in [0.717, 1.165) is 50.1 Å². The van der Waals surface area contributed by atoms with E-state index in [0.29, 0.717) is 12.5 Å². The van der Waals surface area contributed by atoms with Crippen LogP contribution in [0.1, 0.15) is 68.6 Å². The zero-order chi connectivity index (χ0) is 22.8. The Bertz CT molecular complexity index is 994. The molecule has 1 saturated carbocycles. The molecule has 176 valence electrons. The molecule has 33 heavy (non-hydrogen) atoms. The van der Waals surface area contributed by atoms with E-state index in [1.54, 1.807) is 0 Å². The Morgan fingerprint density at radius 3 is 2.85 bits per heavy atom. The molecule has 0 N–H and O–H groups in total. The van der Waals surface area contributed by atoms with E-state index in [1.807, 2.05) is 30.3 Å². The summed E-state index contributed by atoms with van der Waals surface area (Å²) < 4.78 is 13.2. The molecule has 3 aliphatic rings. The first-order chi connectivity index (χ1) is 16.1. The Labute approximate surface area is 211 Å². The molecule has 2 aliphatic carbocycles. The highest BCUT2D eigenvalue weighted by Gasteiger charge is 2.55. The maximum Gasteiger partial charge on any atom is 0.410 e. The van der Waals surface area contributed by atoms with Crippen molar-refractivity contribution in [1.29, 1.82) is 0 Å². The van der Waals surface area contributed by atoms with Gasteiger partial charge in [-0.25, -0.2) is 4.79 Å². The minimum atomic E-state index is -0.152. The van der Waals surface area contributed by atoms with Crippen LogP contribution in [0.15, 0.2) is 42.5 Å². The molecule has 1 aliphatic heterocycles. The number of ether oxygens (including phenoxy) is 2. The molecule has 5 rings (SSSR count). The number of hydrogen-bond acceptors (Lipinski definition) is 3. The molecular weight excluding hydrogens is 525 g/mol. The second-order valence-corrected chi connectivity index (χ2v) is 11.1. The van der Waals surface area contributed by atoms with Gasteiger partial charge in [-0.3, -0.25) is 0 Å². The third-order valence-corrected chi connectivity index (χ3v) is 8.92. The molecule has 0 radical (unpaired) electrons. The number of unbranched alkanes of at least 4 members (excludes halogenated alkanes) is 1. The van der Waals surface area contributed by atoms with Crippen LogP contribution in [-0.4, -0.2) is 30.2 Å². The summed E-state index contributed by atoms with van der Waals surface area (Å²) in [6.07, 6.45) is 8.99. The van der Waals surface area contributed by atoms with Gasteiger partial charge in [0.15, 0.2) is 0 Å². The van der Waals surface area contributed by atoms with Gasteiger partial charge in [0, 0.05) is 18.0 Å². The molecule has 0 unspecified atom stereocenters. The van der Waals surface area contributed by atoms with Crippen molar-refractivity contribution in [1.82, 2.24) is 4.90 Å². The zero-order valence-electron chi connectivity index (χ0n) is 19.5. The van der Waals surface area contributed by atoms with Crippen molar-refractivity contribution in [3.63, 3.8) is 0 Å². The average Bonchev–Trinajstić information content (AvgIpc) is 2.84. The number of amides is 1. The number of nitrogens with zero attached hydrogens (tertiary/aromatic N) is 1. The van der Waals surface area contributed by atoms with Crippen LogP contribution in [0, 0.1) is 9.49 Å². The summed E-state index contributed by atoms with van der Waals surface area (Å²) in [4.78, 5) is 15.3. The van der Waals surface area contributed by atoms with Gasteiger partial charge in [-0.1, -0.05) is 56.5 Å². The molecular formula is C28H34INO3. The first kappa shape index (κ1) is 23.0. The summed E-state index contributed by atoms with van der Waals surface area (Å²) in [5.74, 6) is 1.56. The van der Waals surface area contributed by atoms with Crippen LogP contribution in [0.4, 0.5) is 4.79 Å². The van der Waals surface area contributed by atoms with Gasteiger partial charge in [0.05, 0.1) is 10.2 Å². The number of hydrogen-bond donors (Lipinski definition) is 0. The Kier molecular flexibility index (Phi) is 6.86. The highest BCUT2D eigenvalue weighted by molar-refractivity contribution is 14.1. The summed E-state index contributed by atoms with van der Waals surface area (Å²) in [6.45, 7) is 4.11. The SMILES string of the molecule is CCCCOc1cc2c(cc1I)C[C@H]1[C@H]3CCCC[C@@]23CCN1C(=O)OCc1ccccc1. The van der Waals surface area contributed by atoms with Gasteiger partial charge in [-0.05, 0) is 89.4 Å². The van der Waals surface area contributed by atoms with E-state index in [4.69, 9.17) is 9.47 Å². The van der Waals surface area contributed by atoms with Crippen molar-refractivity contribution in [2.45, 2.75) is 76.4 Å². The monoisotopic (exact) mass is 559 g/mol. The predicted molar refractivity (Wildman–Crippen MR) is 139 cm³/mol. The molecule has 2 fully saturated rings. The number of fused-ring (bicyclic) bond motifs is 1. The van der Waals surface area contributed by atoms with Gasteiger partial charge >= 0.3 is 6.09 Å². The van der Waals surface area contributed by atoms with E-state index in [9.17, 15) is 4.79 Å². The standard InChI is InChI=1S/C28H34INO3/c1-2-3-15-32-26-18-23-21(16-24(26)29)17-25-22-11-7-8-12-28(22,23)13-14-30(25)27(31)33-19-20-9-5-4-6-10-20/h4-6,9-10,16,18,22,25H,2-3,7-8,11-15,17,19H2,1H3/t22-,25+,28+/m1/s1. The number of carbonyl (C=O) groups is 1. The van der Waals surface area contributed by atoms with Gasteiger partial charge < -0.3 is 14.4 Å². The van der Waals surface area contributed by atoms with Gasteiger partial charge in [-0.2, -0.15) is 0 Å². The molecule has 0 spiro atoms. The predicted octanol–water partition coefficient (Wildman–Crippen LogP) is 6.87. The lowest BCUT2D eigenvalue weighted by Gasteiger charge is -2.58. The van der Waals surface area contributed by atoms with Crippen LogP contribution < -0.4 is 4.74 Å². The number of halogens is 1. The molecule has 2 aromatic rings. The summed E-state index contributed by atoms with van der Waals surface area (Å²) >= 11 is 2.42. The Morgan fingerprint density at radius 1 is 1.18 bits per heavy atom. The molecule has 0 aromatic heterocycles. The van der Waals surface area contributed by atoms with Crippen LogP contribution >= 0.6 is 22.6 Å². The lowest BCUT2D eigenvalue weighted by Crippen LogP contribution is -2.62. The van der Waals surface area contributed by atoms with Crippen LogP contribution in [0.5, 0.6) is 5.75 Å². The first-order valence-electron chi connectivity index (χ1n) is 12.6. The summed E-state index contributed by atoms with van der Waals surface area (Å²) in [5, 5.41) is 0. The summed E-state index contributed by atoms with van der Waals surface area (Å²) in [7, 11) is 0. The van der Waals surface area contributed by atoms with Crippen molar-refractivity contribution >= 4 is 28.7 Å². The number of likely N-dealkylation sites (tertiary alicyclic amines) is 1. The summed E-state index contributed by atoms with van der Waals surface area (Å²) in [5.41, 5.74) is 4.13. The number of rotatable bonds is 6. The van der Waals surface area contributed by atoms with Crippen LogP contribution in [0.25, 0.3) is 0 Å². The Morgan fingerprint density at radius 2 is 2.03 bits per heavy atom. The molecule has 4 nitrogen and oxygen atoms in total. The molecule has 2 bridgehead atoms. The Hall–Kier alpha value is -1.76. The molecule has 5 heteroatoms. The van der Waals surface area contributed by atoms with Gasteiger partial charge in [0.1, 0.15) is 12.4 Å². The van der Waals surface area contributed by atoms with E-state index < -0.39 is 0 Å². The van der Waals surface area contributed by atoms with Crippen molar-refractivity contribution in [3.05, 3.63) is 62.7 Å². The van der Waals surface area contributed by atoms with Crippen LogP contribution in [0.2, 0.25) is 0 Å². The molecule has 1 heterocycles. The maximum atomic E-state index is 13.2. The molecule has 1 amide bonds. The van der Waals surface area contributed by atoms with Crippen molar-refractivity contribution < 1.29 is 14.3 Å². The highest BCUT2D eigenvalue weighted by atomic mass is 127. The highest BCUT2D eigenvalue weighted by Crippen LogP contribution is 2.56. The number of piperidine rings is 1. The van der Waals surface area contributed by atoms with E-state index in [2.05, 4.69) is 46.5 Å². The van der Waals surface area contributed by atoms with Crippen LogP contribution in [-0.2, 0) is 23.2 Å². The largest absolute Gasteiger partial charge is 0.492 e. The van der Waals surface area contributed by atoms with Gasteiger partial charge in [0.25, 0.3) is 0 Å². The van der Waals surface area contributed by atoms with Gasteiger partial charge in [-0.15, -0.1) is 0 Å². The van der Waals surface area contributed by atoms with Gasteiger partial charge in [0.2, 0.25) is 0 Å². The normalized spacial score (nSPS) is 25.7. The van der Waals surface area contributed by atoms with Crippen LogP contribution in [0.3, 0.4) is 0 Å². The quantitative estimate of drug-likeness (QED) is 0.287. The molecule has 2 aromatic carbocycles. The fourth-order valence-corrected chi connectivity index (χ4v) is 7.17. The third-order valence-electron chi connectivity index (χ3n) is 8.08. The first-order valence-corrected chi connectivity index (χ1v) is 13.6. The van der Waals surface area contributed by atoms with Crippen molar-refractivity contribution in [2.24, 2.45) is 5.92 Å². The lowest BCUT2D eigenvalue weighted by atomic mass is 9.52. The smallest absolute Gasteiger partial charge is 0.410 e. The number of carbonyl (C=O) groups excluding carboxylic acids is 1. The van der Waals surface area contributed by atoms with E-state index in [-0.39, 0.29) is 17.6 Å². The lowest BCUT2D eigenvalue weighted by molar-refractivity contribution is -0.0137. The van der Waals surface area contributed by atoms with E-state index >= 15 is 0 Å². The zero-order valence-corrected chi connectivity index (χ0v) is 21.7. The second kappa shape index (κ2) is 9.85. The fraction of sp³-hybridized carbons (Fsp3) is 0.536. The fourth-order valence-electron chi connectivity index (χ4n) is 6.48. The molecule has 1 saturated heterocycles. The average molecular weight is 559 g/mol. The molecule has 3 atom stereocenters.